The molecule has 3 aromatic rings. The molecule has 0 spiro atoms. The van der Waals surface area contributed by atoms with Crippen molar-refractivity contribution in [2.45, 2.75) is 13.0 Å². The van der Waals surface area contributed by atoms with Gasteiger partial charge in [-0.1, -0.05) is 29.3 Å². The van der Waals surface area contributed by atoms with E-state index in [-0.39, 0.29) is 13.0 Å². The third-order valence-corrected chi connectivity index (χ3v) is 4.57. The van der Waals surface area contributed by atoms with E-state index in [4.69, 9.17) is 28.3 Å². The maximum atomic E-state index is 13.7. The summed E-state index contributed by atoms with van der Waals surface area (Å²) >= 11 is 11.9. The van der Waals surface area contributed by atoms with Gasteiger partial charge in [-0.2, -0.15) is 0 Å². The van der Waals surface area contributed by atoms with Crippen molar-refractivity contribution in [3.63, 3.8) is 0 Å². The Morgan fingerprint density at radius 1 is 1.08 bits per heavy atom. The first kappa shape index (κ1) is 17.5. The predicted molar refractivity (Wildman–Crippen MR) is 95.1 cm³/mol. The first-order valence-corrected chi connectivity index (χ1v) is 8.08. The van der Waals surface area contributed by atoms with Crippen molar-refractivity contribution in [1.29, 1.82) is 0 Å². The monoisotopic (exact) mass is 379 g/mol. The molecule has 0 atom stereocenters. The van der Waals surface area contributed by atoms with Crippen LogP contribution in [0.4, 0.5) is 4.39 Å². The molecule has 2 aromatic carbocycles. The first-order valence-electron chi connectivity index (χ1n) is 7.33. The maximum absolute atomic E-state index is 13.7. The van der Waals surface area contributed by atoms with E-state index in [2.05, 4.69) is 0 Å². The standard InChI is InChI=1S/C18H12Cl2FNO3/c19-14-4-1-10(5-15(14)20)9-22-16-8-12(21)2-3-13(16)11(6-17(22)23)7-18(24)25/h1-6,8H,7,9H2,(H,24,25). The van der Waals surface area contributed by atoms with Crippen LogP contribution in [0.1, 0.15) is 11.1 Å². The summed E-state index contributed by atoms with van der Waals surface area (Å²) in [6.07, 6.45) is -0.314. The first-order chi connectivity index (χ1) is 11.8. The summed E-state index contributed by atoms with van der Waals surface area (Å²) in [7, 11) is 0. The van der Waals surface area contributed by atoms with Gasteiger partial charge in [0.15, 0.2) is 0 Å². The van der Waals surface area contributed by atoms with Gasteiger partial charge in [0.25, 0.3) is 5.56 Å². The Hall–Kier alpha value is -2.37. The Balaban J connectivity index is 2.18. The zero-order valence-corrected chi connectivity index (χ0v) is 14.3. The number of rotatable bonds is 4. The van der Waals surface area contributed by atoms with Crippen molar-refractivity contribution in [1.82, 2.24) is 4.57 Å². The van der Waals surface area contributed by atoms with Crippen molar-refractivity contribution in [2.75, 3.05) is 0 Å². The summed E-state index contributed by atoms with van der Waals surface area (Å²) in [4.78, 5) is 23.5. The minimum atomic E-state index is -1.06. The average Bonchev–Trinajstić information content (AvgIpc) is 2.53. The van der Waals surface area contributed by atoms with Crippen molar-refractivity contribution >= 4 is 40.1 Å². The molecule has 1 aromatic heterocycles. The van der Waals surface area contributed by atoms with Gasteiger partial charge in [-0.05, 0) is 41.5 Å². The van der Waals surface area contributed by atoms with E-state index in [0.29, 0.717) is 32.1 Å². The van der Waals surface area contributed by atoms with Gasteiger partial charge in [-0.3, -0.25) is 9.59 Å². The number of pyridine rings is 1. The van der Waals surface area contributed by atoms with Gasteiger partial charge < -0.3 is 9.67 Å². The molecule has 4 nitrogen and oxygen atoms in total. The molecule has 0 saturated heterocycles. The van der Waals surface area contributed by atoms with E-state index < -0.39 is 17.3 Å². The topological polar surface area (TPSA) is 59.3 Å². The Morgan fingerprint density at radius 2 is 1.84 bits per heavy atom. The van der Waals surface area contributed by atoms with Crippen LogP contribution < -0.4 is 5.56 Å². The number of carbonyl (C=O) groups is 1. The van der Waals surface area contributed by atoms with Crippen molar-refractivity contribution in [3.8, 4) is 0 Å². The lowest BCUT2D eigenvalue weighted by Gasteiger charge is -2.13. The molecule has 0 unspecified atom stereocenters. The van der Waals surface area contributed by atoms with Gasteiger partial charge >= 0.3 is 5.97 Å². The highest BCUT2D eigenvalue weighted by Gasteiger charge is 2.13. The fourth-order valence-electron chi connectivity index (χ4n) is 2.72. The third-order valence-electron chi connectivity index (χ3n) is 3.83. The van der Waals surface area contributed by atoms with Crippen LogP contribution in [0.2, 0.25) is 10.0 Å². The Morgan fingerprint density at radius 3 is 2.52 bits per heavy atom. The van der Waals surface area contributed by atoms with Gasteiger partial charge in [0.05, 0.1) is 28.5 Å². The van der Waals surface area contributed by atoms with E-state index in [1.54, 1.807) is 18.2 Å². The second kappa shape index (κ2) is 6.86. The molecule has 0 aliphatic heterocycles. The van der Waals surface area contributed by atoms with Crippen LogP contribution in [0, 0.1) is 5.82 Å². The minimum Gasteiger partial charge on any atom is -0.481 e. The zero-order valence-electron chi connectivity index (χ0n) is 12.8. The Labute approximate surface area is 152 Å². The van der Waals surface area contributed by atoms with Crippen molar-refractivity contribution in [3.05, 3.63) is 79.8 Å². The van der Waals surface area contributed by atoms with Crippen LogP contribution in [0.25, 0.3) is 10.9 Å². The lowest BCUT2D eigenvalue weighted by Crippen LogP contribution is -2.22. The Kier molecular flexibility index (Phi) is 4.79. The molecule has 0 aliphatic carbocycles. The van der Waals surface area contributed by atoms with E-state index >= 15 is 0 Å². The van der Waals surface area contributed by atoms with Crippen LogP contribution >= 0.6 is 23.2 Å². The predicted octanol–water partition coefficient (Wildman–Crippen LogP) is 4.12. The number of hydrogen-bond donors (Lipinski definition) is 1. The van der Waals surface area contributed by atoms with Crippen LogP contribution in [-0.2, 0) is 17.8 Å². The van der Waals surface area contributed by atoms with Gasteiger partial charge in [-0.15, -0.1) is 0 Å². The number of nitrogens with zero attached hydrogens (tertiary/aromatic N) is 1. The van der Waals surface area contributed by atoms with Crippen LogP contribution in [0.3, 0.4) is 0 Å². The number of aromatic nitrogens is 1. The van der Waals surface area contributed by atoms with Gasteiger partial charge in [0, 0.05) is 11.5 Å². The van der Waals surface area contributed by atoms with Gasteiger partial charge in [0.1, 0.15) is 5.82 Å². The Bertz CT molecular complexity index is 1050. The number of carboxylic acids is 1. The smallest absolute Gasteiger partial charge is 0.307 e. The molecule has 0 bridgehead atoms. The lowest BCUT2D eigenvalue weighted by molar-refractivity contribution is -0.136. The number of halogens is 3. The normalized spacial score (nSPS) is 11.0. The van der Waals surface area contributed by atoms with Crippen LogP contribution in [-0.4, -0.2) is 15.6 Å². The molecule has 0 amide bonds. The SMILES string of the molecule is O=C(O)Cc1cc(=O)n(Cc2ccc(Cl)c(Cl)c2)c2cc(F)ccc12. The van der Waals surface area contributed by atoms with E-state index in [1.165, 1.54) is 28.8 Å². The molecule has 0 radical (unpaired) electrons. The molecule has 128 valence electrons. The summed E-state index contributed by atoms with van der Waals surface area (Å²) in [5, 5.41) is 10.3. The fraction of sp³-hybridized carbons (Fsp3) is 0.111. The summed E-state index contributed by atoms with van der Waals surface area (Å²) in [5.74, 6) is -1.57. The molecular weight excluding hydrogens is 368 g/mol. The average molecular weight is 380 g/mol. The van der Waals surface area contributed by atoms with Crippen molar-refractivity contribution in [2.24, 2.45) is 0 Å². The summed E-state index contributed by atoms with van der Waals surface area (Å²) in [6, 6.07) is 10.2. The summed E-state index contributed by atoms with van der Waals surface area (Å²) in [6.45, 7) is 0.156. The molecule has 1 heterocycles. The molecule has 1 N–H and O–H groups in total. The van der Waals surface area contributed by atoms with Crippen molar-refractivity contribution < 1.29 is 14.3 Å². The van der Waals surface area contributed by atoms with E-state index in [0.717, 1.165) is 0 Å². The number of benzene rings is 2. The lowest BCUT2D eigenvalue weighted by atomic mass is 10.1. The summed E-state index contributed by atoms with van der Waals surface area (Å²) < 4.78 is 15.1. The number of hydrogen-bond acceptors (Lipinski definition) is 2. The largest absolute Gasteiger partial charge is 0.481 e. The highest BCUT2D eigenvalue weighted by atomic mass is 35.5. The highest BCUT2D eigenvalue weighted by Crippen LogP contribution is 2.24. The molecular formula is C18H12Cl2FNO3. The molecule has 7 heteroatoms. The molecule has 25 heavy (non-hydrogen) atoms. The molecule has 3 rings (SSSR count). The quantitative estimate of drug-likeness (QED) is 0.741. The van der Waals surface area contributed by atoms with Crippen LogP contribution in [0.5, 0.6) is 0 Å². The van der Waals surface area contributed by atoms with Gasteiger partial charge in [-0.25, -0.2) is 4.39 Å². The second-order valence-corrected chi connectivity index (χ2v) is 6.39. The summed E-state index contributed by atoms with van der Waals surface area (Å²) in [5.41, 5.74) is 0.973. The molecule has 0 saturated carbocycles. The number of fused-ring (bicyclic) bond motifs is 1. The highest BCUT2D eigenvalue weighted by molar-refractivity contribution is 6.42. The zero-order chi connectivity index (χ0) is 18.1. The maximum Gasteiger partial charge on any atom is 0.307 e. The van der Waals surface area contributed by atoms with Gasteiger partial charge in [0.2, 0.25) is 0 Å². The number of aliphatic carboxylic acids is 1. The minimum absolute atomic E-state index is 0.156. The third kappa shape index (κ3) is 3.67. The van der Waals surface area contributed by atoms with Crippen LogP contribution in [0.15, 0.2) is 47.3 Å². The van der Waals surface area contributed by atoms with E-state index in [1.807, 2.05) is 0 Å². The fourth-order valence-corrected chi connectivity index (χ4v) is 3.04. The number of carboxylic acid groups (broad SMARTS) is 1. The molecule has 0 aliphatic rings. The second-order valence-electron chi connectivity index (χ2n) is 5.57. The van der Waals surface area contributed by atoms with E-state index in [9.17, 15) is 14.0 Å². The molecule has 0 fully saturated rings.